The van der Waals surface area contributed by atoms with E-state index < -0.39 is 24.6 Å². The molecule has 1 N–H and O–H groups in total. The molecule has 5 nitrogen and oxygen atoms in total. The molecular weight excluding hydrogens is 284 g/mol. The van der Waals surface area contributed by atoms with Crippen molar-refractivity contribution in [2.24, 2.45) is 5.92 Å². The molecule has 0 aromatic heterocycles. The highest BCUT2D eigenvalue weighted by atomic mass is 19.3. The predicted octanol–water partition coefficient (Wildman–Crippen LogP) is 2.57. The number of amides is 1. The Hall–Kier alpha value is -2.18. The number of ether oxygens (including phenoxy) is 2. The lowest BCUT2D eigenvalue weighted by Gasteiger charge is -2.15. The van der Waals surface area contributed by atoms with E-state index in [1.54, 1.807) is 6.07 Å². The number of halogens is 2. The Labute approximate surface area is 120 Å². The average Bonchev–Trinajstić information content (AvgIpc) is 3.24. The maximum absolute atomic E-state index is 12.3. The summed E-state index contributed by atoms with van der Waals surface area (Å²) < 4.78 is 33.8. The average molecular weight is 299 g/mol. The van der Waals surface area contributed by atoms with Gasteiger partial charge in [-0.3, -0.25) is 9.59 Å². The van der Waals surface area contributed by atoms with Crippen LogP contribution in [-0.2, 0) is 14.3 Å². The zero-order valence-corrected chi connectivity index (χ0v) is 11.3. The van der Waals surface area contributed by atoms with Crippen LogP contribution in [0.3, 0.4) is 0 Å². The summed E-state index contributed by atoms with van der Waals surface area (Å²) in [5.74, 6) is -1.28. The van der Waals surface area contributed by atoms with Crippen molar-refractivity contribution >= 4 is 17.6 Å². The van der Waals surface area contributed by atoms with Gasteiger partial charge < -0.3 is 14.8 Å². The summed E-state index contributed by atoms with van der Waals surface area (Å²) >= 11 is 0. The number of hydrogen-bond acceptors (Lipinski definition) is 4. The van der Waals surface area contributed by atoms with E-state index in [4.69, 9.17) is 4.74 Å². The van der Waals surface area contributed by atoms with Gasteiger partial charge in [0, 0.05) is 0 Å². The predicted molar refractivity (Wildman–Crippen MR) is 70.0 cm³/mol. The van der Waals surface area contributed by atoms with Gasteiger partial charge >= 0.3 is 12.6 Å². The summed E-state index contributed by atoms with van der Waals surface area (Å²) in [6.45, 7) is -1.57. The Morgan fingerprint density at radius 2 is 1.95 bits per heavy atom. The van der Waals surface area contributed by atoms with Crippen LogP contribution in [0.2, 0.25) is 0 Å². The number of esters is 1. The van der Waals surface area contributed by atoms with Gasteiger partial charge in [0.1, 0.15) is 5.75 Å². The molecule has 1 amide bonds. The Bertz CT molecular complexity index is 531. The molecule has 0 spiro atoms. The molecule has 7 heteroatoms. The number of nitrogens with one attached hydrogen (secondary N) is 1. The fourth-order valence-corrected chi connectivity index (χ4v) is 1.65. The first-order valence-electron chi connectivity index (χ1n) is 6.52. The lowest BCUT2D eigenvalue weighted by Crippen LogP contribution is -2.30. The molecule has 0 saturated heterocycles. The molecule has 1 saturated carbocycles. The van der Waals surface area contributed by atoms with Gasteiger partial charge in [-0.05, 0) is 31.9 Å². The topological polar surface area (TPSA) is 64.6 Å². The highest BCUT2D eigenvalue weighted by molar-refractivity contribution is 5.96. The number of carbonyl (C=O) groups is 2. The molecule has 1 atom stereocenters. The molecule has 1 aliphatic carbocycles. The van der Waals surface area contributed by atoms with Crippen molar-refractivity contribution in [2.75, 3.05) is 5.32 Å². The first-order valence-corrected chi connectivity index (χ1v) is 6.52. The minimum atomic E-state index is -2.99. The SMILES string of the molecule is C[C@@H](OC(=O)C1CC1)C(=O)Nc1ccccc1OC(F)F. The second kappa shape index (κ2) is 6.51. The van der Waals surface area contributed by atoms with Crippen molar-refractivity contribution in [3.05, 3.63) is 24.3 Å². The number of para-hydroxylation sites is 2. The van der Waals surface area contributed by atoms with Gasteiger partial charge in [0.2, 0.25) is 0 Å². The van der Waals surface area contributed by atoms with Gasteiger partial charge in [-0.1, -0.05) is 12.1 Å². The first-order chi connectivity index (χ1) is 9.97. The zero-order chi connectivity index (χ0) is 15.4. The molecule has 0 unspecified atom stereocenters. The summed E-state index contributed by atoms with van der Waals surface area (Å²) in [6, 6.07) is 5.80. The number of anilines is 1. The van der Waals surface area contributed by atoms with Gasteiger partial charge in [0.15, 0.2) is 6.10 Å². The minimum Gasteiger partial charge on any atom is -0.452 e. The van der Waals surface area contributed by atoms with E-state index in [2.05, 4.69) is 10.1 Å². The van der Waals surface area contributed by atoms with Crippen LogP contribution in [0.5, 0.6) is 5.75 Å². The van der Waals surface area contributed by atoms with Crippen LogP contribution in [0.25, 0.3) is 0 Å². The van der Waals surface area contributed by atoms with Crippen molar-refractivity contribution in [3.63, 3.8) is 0 Å². The van der Waals surface area contributed by atoms with Crippen molar-refractivity contribution in [1.29, 1.82) is 0 Å². The number of carbonyl (C=O) groups excluding carboxylic acids is 2. The summed E-state index contributed by atoms with van der Waals surface area (Å²) in [5.41, 5.74) is 0.0946. The molecule has 0 heterocycles. The molecule has 1 fully saturated rings. The minimum absolute atomic E-state index is 0.0946. The lowest BCUT2D eigenvalue weighted by atomic mass is 10.2. The molecule has 2 rings (SSSR count). The van der Waals surface area contributed by atoms with Crippen molar-refractivity contribution in [2.45, 2.75) is 32.5 Å². The summed E-state index contributed by atoms with van der Waals surface area (Å²) in [6.07, 6.45) is 0.550. The van der Waals surface area contributed by atoms with E-state index >= 15 is 0 Å². The molecule has 114 valence electrons. The van der Waals surface area contributed by atoms with Gasteiger partial charge in [-0.15, -0.1) is 0 Å². The Kier molecular flexibility index (Phi) is 4.72. The van der Waals surface area contributed by atoms with E-state index in [1.165, 1.54) is 25.1 Å². The smallest absolute Gasteiger partial charge is 0.387 e. The number of benzene rings is 1. The van der Waals surface area contributed by atoms with Crippen LogP contribution in [0.15, 0.2) is 24.3 Å². The highest BCUT2D eigenvalue weighted by Crippen LogP contribution is 2.31. The van der Waals surface area contributed by atoms with Gasteiger partial charge in [0.05, 0.1) is 11.6 Å². The maximum atomic E-state index is 12.3. The number of rotatable bonds is 6. The van der Waals surface area contributed by atoms with Crippen molar-refractivity contribution in [1.82, 2.24) is 0 Å². The Morgan fingerprint density at radius 1 is 1.29 bits per heavy atom. The fourth-order valence-electron chi connectivity index (χ4n) is 1.65. The van der Waals surface area contributed by atoms with Crippen LogP contribution < -0.4 is 10.1 Å². The molecule has 1 aliphatic rings. The monoisotopic (exact) mass is 299 g/mol. The summed E-state index contributed by atoms with van der Waals surface area (Å²) in [4.78, 5) is 23.4. The van der Waals surface area contributed by atoms with Crippen LogP contribution in [0, 0.1) is 5.92 Å². The van der Waals surface area contributed by atoms with E-state index in [9.17, 15) is 18.4 Å². The molecule has 1 aromatic carbocycles. The van der Waals surface area contributed by atoms with Crippen LogP contribution in [0.4, 0.5) is 14.5 Å². The highest BCUT2D eigenvalue weighted by Gasteiger charge is 2.33. The number of alkyl halides is 2. The second-order valence-corrected chi connectivity index (χ2v) is 4.72. The number of hydrogen-bond donors (Lipinski definition) is 1. The Balaban J connectivity index is 1.96. The zero-order valence-electron chi connectivity index (χ0n) is 11.3. The molecule has 0 radical (unpaired) electrons. The van der Waals surface area contributed by atoms with E-state index in [0.29, 0.717) is 0 Å². The van der Waals surface area contributed by atoms with Crippen molar-refractivity contribution < 1.29 is 27.8 Å². The largest absolute Gasteiger partial charge is 0.452 e. The third kappa shape index (κ3) is 4.40. The van der Waals surface area contributed by atoms with Crippen LogP contribution in [0.1, 0.15) is 19.8 Å². The van der Waals surface area contributed by atoms with Gasteiger partial charge in [-0.25, -0.2) is 0 Å². The van der Waals surface area contributed by atoms with E-state index in [-0.39, 0.29) is 17.4 Å². The summed E-state index contributed by atoms with van der Waals surface area (Å²) in [7, 11) is 0. The molecular formula is C14H15F2NO4. The first kappa shape index (κ1) is 15.2. The quantitative estimate of drug-likeness (QED) is 0.820. The third-order valence-corrected chi connectivity index (χ3v) is 2.93. The van der Waals surface area contributed by atoms with Gasteiger partial charge in [-0.2, -0.15) is 8.78 Å². The van der Waals surface area contributed by atoms with E-state index in [1.807, 2.05) is 0 Å². The van der Waals surface area contributed by atoms with E-state index in [0.717, 1.165) is 12.8 Å². The Morgan fingerprint density at radius 3 is 2.57 bits per heavy atom. The van der Waals surface area contributed by atoms with Crippen molar-refractivity contribution in [3.8, 4) is 5.75 Å². The normalized spacial score (nSPS) is 15.4. The lowest BCUT2D eigenvalue weighted by molar-refractivity contribution is -0.154. The summed E-state index contributed by atoms with van der Waals surface area (Å²) in [5, 5.41) is 2.41. The molecule has 21 heavy (non-hydrogen) atoms. The second-order valence-electron chi connectivity index (χ2n) is 4.72. The standard InChI is InChI=1S/C14H15F2NO4/c1-8(20-13(19)9-6-7-9)12(18)17-10-4-2-3-5-11(10)21-14(15)16/h2-5,8-9,14H,6-7H2,1H3,(H,17,18)/t8-/m1/s1. The molecule has 0 aliphatic heterocycles. The maximum Gasteiger partial charge on any atom is 0.387 e. The van der Waals surface area contributed by atoms with Crippen LogP contribution >= 0.6 is 0 Å². The fraction of sp³-hybridized carbons (Fsp3) is 0.429. The van der Waals surface area contributed by atoms with Crippen LogP contribution in [-0.4, -0.2) is 24.6 Å². The third-order valence-electron chi connectivity index (χ3n) is 2.93. The van der Waals surface area contributed by atoms with Gasteiger partial charge in [0.25, 0.3) is 5.91 Å². The molecule has 1 aromatic rings. The molecule has 0 bridgehead atoms.